The van der Waals surface area contributed by atoms with Gasteiger partial charge in [-0.15, -0.1) is 0 Å². The van der Waals surface area contributed by atoms with Crippen LogP contribution in [-0.4, -0.2) is 54.3 Å². The van der Waals surface area contributed by atoms with Crippen molar-refractivity contribution in [2.24, 2.45) is 0 Å². The maximum atomic E-state index is 12.9. The fourth-order valence-electron chi connectivity index (χ4n) is 3.36. The lowest BCUT2D eigenvalue weighted by atomic mass is 9.94. The summed E-state index contributed by atoms with van der Waals surface area (Å²) in [7, 11) is 1.54. The summed E-state index contributed by atoms with van der Waals surface area (Å²) in [5, 5.41) is 5.46. The van der Waals surface area contributed by atoms with Gasteiger partial charge in [-0.3, -0.25) is 14.5 Å². The zero-order chi connectivity index (χ0) is 18.1. The zero-order valence-electron chi connectivity index (χ0n) is 14.6. The van der Waals surface area contributed by atoms with E-state index in [1.165, 1.54) is 11.9 Å². The monoisotopic (exact) mass is 342 g/mol. The lowest BCUT2D eigenvalue weighted by molar-refractivity contribution is -0.131. The number of nitrogens with zero attached hydrogens (tertiary/aromatic N) is 2. The van der Waals surface area contributed by atoms with Gasteiger partial charge >= 0.3 is 6.03 Å². The lowest BCUT2D eigenvalue weighted by Crippen LogP contribution is -2.47. The Morgan fingerprint density at radius 3 is 2.76 bits per heavy atom. The first-order valence-electron chi connectivity index (χ1n) is 8.33. The van der Waals surface area contributed by atoms with Crippen LogP contribution in [0.5, 0.6) is 0 Å². The Hall–Kier alpha value is -2.83. The minimum Gasteiger partial charge on any atom is -0.358 e. The molecule has 0 fully saturated rings. The molecule has 0 saturated heterocycles. The molecule has 0 aliphatic carbocycles. The summed E-state index contributed by atoms with van der Waals surface area (Å²) < 4.78 is 0. The Kier molecular flexibility index (Phi) is 4.48. The molecule has 4 amide bonds. The van der Waals surface area contributed by atoms with E-state index in [0.717, 1.165) is 11.1 Å². The van der Waals surface area contributed by atoms with Crippen molar-refractivity contribution in [2.45, 2.75) is 19.9 Å². The van der Waals surface area contributed by atoms with Crippen molar-refractivity contribution in [3.63, 3.8) is 0 Å². The summed E-state index contributed by atoms with van der Waals surface area (Å²) in [5.74, 6) is -0.439. The van der Waals surface area contributed by atoms with Crippen LogP contribution >= 0.6 is 0 Å². The van der Waals surface area contributed by atoms with Crippen LogP contribution < -0.4 is 10.6 Å². The van der Waals surface area contributed by atoms with Crippen molar-refractivity contribution >= 4 is 17.8 Å². The van der Waals surface area contributed by atoms with Gasteiger partial charge in [0, 0.05) is 13.6 Å². The fourth-order valence-corrected chi connectivity index (χ4v) is 3.36. The molecule has 0 saturated carbocycles. The highest BCUT2D eigenvalue weighted by Gasteiger charge is 2.43. The first kappa shape index (κ1) is 17.0. The molecule has 0 radical (unpaired) electrons. The van der Waals surface area contributed by atoms with Crippen LogP contribution in [0.25, 0.3) is 0 Å². The smallest absolute Gasteiger partial charge is 0.322 e. The molecular formula is C18H22N4O3. The Balaban J connectivity index is 2.01. The Bertz CT molecular complexity index is 771. The molecule has 7 nitrogen and oxygen atoms in total. The number of hydrogen-bond acceptors (Lipinski definition) is 3. The molecule has 25 heavy (non-hydrogen) atoms. The van der Waals surface area contributed by atoms with E-state index in [2.05, 4.69) is 10.6 Å². The topological polar surface area (TPSA) is 81.8 Å². The van der Waals surface area contributed by atoms with Crippen LogP contribution in [0.2, 0.25) is 0 Å². The molecule has 7 heteroatoms. The van der Waals surface area contributed by atoms with E-state index in [1.807, 2.05) is 38.1 Å². The van der Waals surface area contributed by atoms with E-state index in [1.54, 1.807) is 4.90 Å². The molecule has 2 heterocycles. The highest BCUT2D eigenvalue weighted by molar-refractivity contribution is 6.02. The number of aryl methyl sites for hydroxylation is 1. The number of nitrogens with one attached hydrogen (secondary N) is 2. The highest BCUT2D eigenvalue weighted by Crippen LogP contribution is 2.36. The molecule has 1 aromatic rings. The molecule has 0 unspecified atom stereocenters. The number of likely N-dealkylation sites (N-methyl/N-ethyl adjacent to an activating group) is 2. The average molecular weight is 342 g/mol. The van der Waals surface area contributed by atoms with Crippen molar-refractivity contribution in [1.29, 1.82) is 0 Å². The van der Waals surface area contributed by atoms with Crippen molar-refractivity contribution in [1.82, 2.24) is 20.4 Å². The Morgan fingerprint density at radius 1 is 1.36 bits per heavy atom. The number of urea groups is 1. The van der Waals surface area contributed by atoms with Crippen LogP contribution in [0.15, 0.2) is 35.5 Å². The van der Waals surface area contributed by atoms with Crippen molar-refractivity contribution in [3.05, 3.63) is 46.7 Å². The Morgan fingerprint density at radius 2 is 2.12 bits per heavy atom. The third kappa shape index (κ3) is 2.97. The van der Waals surface area contributed by atoms with Crippen LogP contribution in [-0.2, 0) is 9.59 Å². The number of rotatable bonds is 4. The van der Waals surface area contributed by atoms with Crippen molar-refractivity contribution in [3.8, 4) is 0 Å². The average Bonchev–Trinajstić information content (AvgIpc) is 2.90. The van der Waals surface area contributed by atoms with Crippen molar-refractivity contribution in [2.75, 3.05) is 26.7 Å². The van der Waals surface area contributed by atoms with Gasteiger partial charge in [0.05, 0.1) is 23.9 Å². The third-order valence-electron chi connectivity index (χ3n) is 4.60. The van der Waals surface area contributed by atoms with Crippen LogP contribution in [0.4, 0.5) is 4.79 Å². The highest BCUT2D eigenvalue weighted by atomic mass is 16.2. The number of hydrogen-bond donors (Lipinski definition) is 2. The minimum absolute atomic E-state index is 0.0192. The van der Waals surface area contributed by atoms with Gasteiger partial charge < -0.3 is 15.5 Å². The molecule has 132 valence electrons. The predicted octanol–water partition coefficient (Wildman–Crippen LogP) is 0.924. The molecular weight excluding hydrogens is 320 g/mol. The number of carbonyl (C=O) groups excluding carboxylic acids is 3. The standard InChI is InChI=1S/C18H22N4O3/c1-4-22-13-9-21(10-14(23)19-3)17(24)15(13)16(20-18(22)25)12-7-5-6-11(2)8-12/h5-8,16H,4,9-10H2,1-3H3,(H,19,23)(H,20,25)/t16-/m1/s1. The van der Waals surface area contributed by atoms with Gasteiger partial charge in [0.15, 0.2) is 0 Å². The summed E-state index contributed by atoms with van der Waals surface area (Å²) in [6, 6.07) is 7.03. The van der Waals surface area contributed by atoms with Gasteiger partial charge in [-0.05, 0) is 19.4 Å². The second-order valence-corrected chi connectivity index (χ2v) is 6.24. The van der Waals surface area contributed by atoms with Crippen LogP contribution in [0.3, 0.4) is 0 Å². The predicted molar refractivity (Wildman–Crippen MR) is 92.5 cm³/mol. The normalized spacial score (nSPS) is 19.9. The van der Waals surface area contributed by atoms with Gasteiger partial charge in [-0.1, -0.05) is 29.8 Å². The zero-order valence-corrected chi connectivity index (χ0v) is 14.6. The van der Waals surface area contributed by atoms with E-state index in [-0.39, 0.29) is 30.9 Å². The summed E-state index contributed by atoms with van der Waals surface area (Å²) in [4.78, 5) is 40.2. The molecule has 1 atom stereocenters. The molecule has 3 rings (SSSR count). The van der Waals surface area contributed by atoms with Crippen LogP contribution in [0.1, 0.15) is 24.1 Å². The van der Waals surface area contributed by atoms with E-state index < -0.39 is 6.04 Å². The van der Waals surface area contributed by atoms with E-state index >= 15 is 0 Å². The molecule has 2 aliphatic heterocycles. The molecule has 0 aromatic heterocycles. The second kappa shape index (κ2) is 6.58. The Labute approximate surface area is 146 Å². The maximum absolute atomic E-state index is 12.9. The molecule has 2 aliphatic rings. The summed E-state index contributed by atoms with van der Waals surface area (Å²) in [6.07, 6.45) is 0. The van der Waals surface area contributed by atoms with Crippen LogP contribution in [0, 0.1) is 6.92 Å². The third-order valence-corrected chi connectivity index (χ3v) is 4.60. The number of carbonyl (C=O) groups is 3. The van der Waals surface area contributed by atoms with Gasteiger partial charge in [0.2, 0.25) is 5.91 Å². The van der Waals surface area contributed by atoms with Gasteiger partial charge in [0.25, 0.3) is 5.91 Å². The number of amides is 4. The molecule has 0 bridgehead atoms. The molecule has 1 aromatic carbocycles. The first-order valence-corrected chi connectivity index (χ1v) is 8.33. The summed E-state index contributed by atoms with van der Waals surface area (Å²) in [5.41, 5.74) is 3.16. The number of benzene rings is 1. The van der Waals surface area contributed by atoms with Gasteiger partial charge in [0.1, 0.15) is 6.54 Å². The minimum atomic E-state index is -0.493. The molecule has 0 spiro atoms. The van der Waals surface area contributed by atoms with Crippen molar-refractivity contribution < 1.29 is 14.4 Å². The fraction of sp³-hybridized carbons (Fsp3) is 0.389. The SMILES string of the molecule is CCN1C(=O)N[C@H](c2cccc(C)c2)C2=C1CN(CC(=O)NC)C2=O. The second-order valence-electron chi connectivity index (χ2n) is 6.24. The molecule has 2 N–H and O–H groups in total. The maximum Gasteiger partial charge on any atom is 0.322 e. The first-order chi connectivity index (χ1) is 12.0. The van der Waals surface area contributed by atoms with E-state index in [0.29, 0.717) is 17.8 Å². The van der Waals surface area contributed by atoms with E-state index in [4.69, 9.17) is 0 Å². The lowest BCUT2D eigenvalue weighted by Gasteiger charge is -2.33. The summed E-state index contributed by atoms with van der Waals surface area (Å²) in [6.45, 7) is 4.55. The quantitative estimate of drug-likeness (QED) is 0.854. The van der Waals surface area contributed by atoms with Gasteiger partial charge in [-0.2, -0.15) is 0 Å². The van der Waals surface area contributed by atoms with E-state index in [9.17, 15) is 14.4 Å². The summed E-state index contributed by atoms with van der Waals surface area (Å²) >= 11 is 0. The van der Waals surface area contributed by atoms with Gasteiger partial charge in [-0.25, -0.2) is 4.79 Å². The largest absolute Gasteiger partial charge is 0.358 e.